The van der Waals surface area contributed by atoms with Gasteiger partial charge in [0.2, 0.25) is 0 Å². The van der Waals surface area contributed by atoms with Gasteiger partial charge in [-0.2, -0.15) is 0 Å². The van der Waals surface area contributed by atoms with Crippen LogP contribution >= 0.6 is 12.4 Å². The third-order valence-corrected chi connectivity index (χ3v) is 2.61. The Balaban J connectivity index is 0.00000256. The van der Waals surface area contributed by atoms with E-state index in [0.717, 1.165) is 25.9 Å². The summed E-state index contributed by atoms with van der Waals surface area (Å²) in [5, 5.41) is 8.29. The monoisotopic (exact) mass is 265 g/mol. The molecule has 0 saturated carbocycles. The van der Waals surface area contributed by atoms with E-state index in [0.29, 0.717) is 12.5 Å². The van der Waals surface area contributed by atoms with Crippen molar-refractivity contribution in [2.75, 3.05) is 33.3 Å². The lowest BCUT2D eigenvalue weighted by Gasteiger charge is -2.22. The highest BCUT2D eigenvalue weighted by Crippen LogP contribution is 2.09. The van der Waals surface area contributed by atoms with E-state index in [1.807, 2.05) is 0 Å². The van der Waals surface area contributed by atoms with Gasteiger partial charge in [-0.25, -0.2) is 4.79 Å². The molecule has 100 valence electrons. The van der Waals surface area contributed by atoms with E-state index in [4.69, 9.17) is 4.74 Å². The highest BCUT2D eigenvalue weighted by Gasteiger charge is 2.14. The number of hydrogen-bond donors (Lipinski definition) is 3. The quantitative estimate of drug-likeness (QED) is 0.662. The summed E-state index contributed by atoms with van der Waals surface area (Å²) in [4.78, 5) is 22.0. The van der Waals surface area contributed by atoms with Crippen LogP contribution in [0.15, 0.2) is 0 Å². The average Bonchev–Trinajstić information content (AvgIpc) is 2.34. The van der Waals surface area contributed by atoms with E-state index in [2.05, 4.69) is 16.0 Å². The van der Waals surface area contributed by atoms with Gasteiger partial charge < -0.3 is 20.7 Å². The number of amides is 2. The van der Waals surface area contributed by atoms with Crippen LogP contribution in [0.3, 0.4) is 0 Å². The molecule has 0 radical (unpaired) electrons. The summed E-state index contributed by atoms with van der Waals surface area (Å²) in [5.74, 6) is 0.200. The maximum atomic E-state index is 11.2. The van der Waals surface area contributed by atoms with Gasteiger partial charge in [0.05, 0.1) is 0 Å². The first-order chi connectivity index (χ1) is 7.72. The molecule has 1 heterocycles. The van der Waals surface area contributed by atoms with Crippen molar-refractivity contribution in [3.8, 4) is 0 Å². The van der Waals surface area contributed by atoms with E-state index in [9.17, 15) is 9.59 Å². The van der Waals surface area contributed by atoms with Crippen LogP contribution in [0, 0.1) is 5.92 Å². The van der Waals surface area contributed by atoms with Crippen molar-refractivity contribution in [2.45, 2.75) is 12.8 Å². The van der Waals surface area contributed by atoms with E-state index in [1.165, 1.54) is 7.05 Å². The number of likely N-dealkylation sites (N-methyl/N-ethyl adjacent to an activating group) is 1. The van der Waals surface area contributed by atoms with Crippen molar-refractivity contribution in [2.24, 2.45) is 5.92 Å². The lowest BCUT2D eigenvalue weighted by molar-refractivity contribution is -0.123. The second-order valence-electron chi connectivity index (χ2n) is 3.82. The van der Waals surface area contributed by atoms with E-state index >= 15 is 0 Å². The number of piperidine rings is 1. The van der Waals surface area contributed by atoms with Crippen LogP contribution in [0.4, 0.5) is 4.79 Å². The fourth-order valence-electron chi connectivity index (χ4n) is 1.57. The van der Waals surface area contributed by atoms with Crippen LogP contribution in [0.5, 0.6) is 0 Å². The first-order valence-corrected chi connectivity index (χ1v) is 5.54. The van der Waals surface area contributed by atoms with Gasteiger partial charge in [0, 0.05) is 13.6 Å². The minimum atomic E-state index is -0.526. The van der Waals surface area contributed by atoms with Crippen LogP contribution in [-0.2, 0) is 9.53 Å². The molecular formula is C10H20ClN3O3. The Morgan fingerprint density at radius 2 is 2.00 bits per heavy atom. The Morgan fingerprint density at radius 1 is 1.35 bits per heavy atom. The fraction of sp³-hybridized carbons (Fsp3) is 0.800. The zero-order valence-electron chi connectivity index (χ0n) is 9.95. The predicted molar refractivity (Wildman–Crippen MR) is 66.3 cm³/mol. The molecule has 1 aliphatic heterocycles. The minimum Gasteiger partial charge on any atom is -0.439 e. The zero-order chi connectivity index (χ0) is 11.8. The molecule has 7 heteroatoms. The number of ether oxygens (including phenoxy) is 1. The third-order valence-electron chi connectivity index (χ3n) is 2.61. The third kappa shape index (κ3) is 7.01. The summed E-state index contributed by atoms with van der Waals surface area (Å²) >= 11 is 0. The molecule has 0 bridgehead atoms. The molecule has 1 saturated heterocycles. The van der Waals surface area contributed by atoms with Crippen molar-refractivity contribution in [1.29, 1.82) is 0 Å². The predicted octanol–water partition coefficient (Wildman–Crippen LogP) is -0.120. The van der Waals surface area contributed by atoms with Gasteiger partial charge in [0.15, 0.2) is 6.61 Å². The first-order valence-electron chi connectivity index (χ1n) is 5.54. The van der Waals surface area contributed by atoms with Gasteiger partial charge >= 0.3 is 6.09 Å². The van der Waals surface area contributed by atoms with Gasteiger partial charge in [-0.1, -0.05) is 0 Å². The fourth-order valence-corrected chi connectivity index (χ4v) is 1.57. The van der Waals surface area contributed by atoms with Gasteiger partial charge in [-0.05, 0) is 31.8 Å². The topological polar surface area (TPSA) is 79.5 Å². The summed E-state index contributed by atoms with van der Waals surface area (Å²) in [5.41, 5.74) is 0. The van der Waals surface area contributed by atoms with E-state index < -0.39 is 6.09 Å². The molecule has 0 spiro atoms. The molecule has 3 N–H and O–H groups in total. The number of nitrogens with one attached hydrogen (secondary N) is 3. The molecule has 1 fully saturated rings. The molecule has 2 amide bonds. The lowest BCUT2D eigenvalue weighted by atomic mass is 9.98. The highest BCUT2D eigenvalue weighted by molar-refractivity contribution is 5.85. The summed E-state index contributed by atoms with van der Waals surface area (Å²) in [6, 6.07) is 0. The summed E-state index contributed by atoms with van der Waals surface area (Å²) in [6.45, 7) is 2.39. The second kappa shape index (κ2) is 9.07. The molecule has 6 nitrogen and oxygen atoms in total. The summed E-state index contributed by atoms with van der Waals surface area (Å²) < 4.78 is 4.71. The molecule has 0 aromatic rings. The molecule has 1 aliphatic rings. The molecule has 0 atom stereocenters. The standard InChI is InChI=1S/C10H19N3O3.ClH/c1-11-9(14)7-16-10(15)13-6-8-2-4-12-5-3-8;/h8,12H,2-7H2,1H3,(H,11,14)(H,13,15);1H. The maximum Gasteiger partial charge on any atom is 0.407 e. The van der Waals surface area contributed by atoms with E-state index in [-0.39, 0.29) is 24.9 Å². The van der Waals surface area contributed by atoms with Gasteiger partial charge in [0.25, 0.3) is 5.91 Å². The molecule has 17 heavy (non-hydrogen) atoms. The second-order valence-corrected chi connectivity index (χ2v) is 3.82. The van der Waals surface area contributed by atoms with Crippen LogP contribution in [0.25, 0.3) is 0 Å². The number of carbonyl (C=O) groups excluding carboxylic acids is 2. The molecular weight excluding hydrogens is 246 g/mol. The molecule has 0 aromatic heterocycles. The van der Waals surface area contributed by atoms with Crippen LogP contribution in [0.2, 0.25) is 0 Å². The molecule has 1 rings (SSSR count). The smallest absolute Gasteiger partial charge is 0.407 e. The van der Waals surface area contributed by atoms with Crippen molar-refractivity contribution in [3.05, 3.63) is 0 Å². The normalized spacial score (nSPS) is 15.6. The van der Waals surface area contributed by atoms with Gasteiger partial charge in [-0.15, -0.1) is 12.4 Å². The Kier molecular flexibility index (Phi) is 8.53. The number of carbonyl (C=O) groups is 2. The van der Waals surface area contributed by atoms with Gasteiger partial charge in [0.1, 0.15) is 0 Å². The van der Waals surface area contributed by atoms with Crippen LogP contribution in [0.1, 0.15) is 12.8 Å². The minimum absolute atomic E-state index is 0. The van der Waals surface area contributed by atoms with Crippen molar-refractivity contribution in [3.63, 3.8) is 0 Å². The molecule has 0 aliphatic carbocycles. The van der Waals surface area contributed by atoms with Crippen molar-refractivity contribution in [1.82, 2.24) is 16.0 Å². The molecule has 0 aromatic carbocycles. The highest BCUT2D eigenvalue weighted by atomic mass is 35.5. The Bertz CT molecular complexity index is 245. The average molecular weight is 266 g/mol. The zero-order valence-corrected chi connectivity index (χ0v) is 10.8. The van der Waals surface area contributed by atoms with Gasteiger partial charge in [-0.3, -0.25) is 4.79 Å². The summed E-state index contributed by atoms with van der Waals surface area (Å²) in [7, 11) is 1.50. The maximum absolute atomic E-state index is 11.2. The van der Waals surface area contributed by atoms with Crippen LogP contribution < -0.4 is 16.0 Å². The van der Waals surface area contributed by atoms with Crippen molar-refractivity contribution < 1.29 is 14.3 Å². The lowest BCUT2D eigenvalue weighted by Crippen LogP contribution is -2.37. The number of hydrogen-bond acceptors (Lipinski definition) is 4. The van der Waals surface area contributed by atoms with Crippen LogP contribution in [-0.4, -0.2) is 45.3 Å². The Labute approximate surface area is 107 Å². The summed E-state index contributed by atoms with van der Waals surface area (Å²) in [6.07, 6.45) is 1.60. The Morgan fingerprint density at radius 3 is 2.59 bits per heavy atom. The van der Waals surface area contributed by atoms with E-state index in [1.54, 1.807) is 0 Å². The largest absolute Gasteiger partial charge is 0.439 e. The Hall–Kier alpha value is -1.01. The number of rotatable bonds is 4. The number of alkyl carbamates (subject to hydrolysis) is 1. The van der Waals surface area contributed by atoms with Crippen molar-refractivity contribution >= 4 is 24.4 Å². The SMILES string of the molecule is CNC(=O)COC(=O)NCC1CCNCC1.Cl. The first kappa shape index (κ1) is 16.0. The molecule has 0 unspecified atom stereocenters. The number of halogens is 1.